The van der Waals surface area contributed by atoms with Crippen LogP contribution in [0.5, 0.6) is 0 Å². The standard InChI is InChI=1S/C24H25NO2/c1-17-13-25(14-23(26)18(2)22-16-27-15-21(17)22)24(19-9-5-3-6-10-19)20-11-7-4-8-12-20/h3-12,24H,13-16H2,1-2H3/b21-17-,22-18-. The summed E-state index contributed by atoms with van der Waals surface area (Å²) >= 11 is 0. The summed E-state index contributed by atoms with van der Waals surface area (Å²) in [5, 5.41) is 0. The van der Waals surface area contributed by atoms with Crippen molar-refractivity contribution in [3.8, 4) is 0 Å². The molecule has 4 rings (SSSR count). The molecule has 0 aliphatic carbocycles. The second kappa shape index (κ2) is 7.63. The summed E-state index contributed by atoms with van der Waals surface area (Å²) in [4.78, 5) is 15.3. The molecule has 138 valence electrons. The Morgan fingerprint density at radius 2 is 1.37 bits per heavy atom. The Hall–Kier alpha value is -2.49. The Bertz CT molecular complexity index is 857. The van der Waals surface area contributed by atoms with Gasteiger partial charge >= 0.3 is 0 Å². The summed E-state index contributed by atoms with van der Waals surface area (Å²) in [5.74, 6) is 0.192. The fraction of sp³-hybridized carbons (Fsp3) is 0.292. The molecule has 3 heteroatoms. The van der Waals surface area contributed by atoms with Crippen molar-refractivity contribution < 1.29 is 9.53 Å². The van der Waals surface area contributed by atoms with Gasteiger partial charge in [-0.1, -0.05) is 66.2 Å². The third kappa shape index (κ3) is 3.53. The minimum atomic E-state index is 0.0450. The lowest BCUT2D eigenvalue weighted by molar-refractivity contribution is -0.117. The number of carbonyl (C=O) groups is 1. The number of rotatable bonds is 3. The van der Waals surface area contributed by atoms with E-state index in [1.807, 2.05) is 19.1 Å². The summed E-state index contributed by atoms with van der Waals surface area (Å²) in [6, 6.07) is 21.0. The van der Waals surface area contributed by atoms with Crippen LogP contribution in [0.25, 0.3) is 0 Å². The van der Waals surface area contributed by atoms with Crippen molar-refractivity contribution in [1.82, 2.24) is 4.90 Å². The fourth-order valence-corrected chi connectivity index (χ4v) is 4.14. The maximum atomic E-state index is 13.0. The van der Waals surface area contributed by atoms with Crippen molar-refractivity contribution in [2.24, 2.45) is 0 Å². The second-order valence-electron chi connectivity index (χ2n) is 7.41. The van der Waals surface area contributed by atoms with E-state index in [1.54, 1.807) is 0 Å². The summed E-state index contributed by atoms with van der Waals surface area (Å²) in [6.45, 7) is 6.46. The van der Waals surface area contributed by atoms with Crippen molar-refractivity contribution in [1.29, 1.82) is 0 Å². The van der Waals surface area contributed by atoms with E-state index in [9.17, 15) is 4.79 Å². The van der Waals surface area contributed by atoms with Crippen LogP contribution in [-0.2, 0) is 9.53 Å². The van der Waals surface area contributed by atoms with Gasteiger partial charge in [-0.25, -0.2) is 0 Å². The first kappa shape index (κ1) is 17.9. The molecule has 1 fully saturated rings. The summed E-state index contributed by atoms with van der Waals surface area (Å²) in [5.41, 5.74) is 6.88. The van der Waals surface area contributed by atoms with Gasteiger partial charge in [0.2, 0.25) is 0 Å². The van der Waals surface area contributed by atoms with Crippen LogP contribution in [0.15, 0.2) is 83.0 Å². The first-order valence-electron chi connectivity index (χ1n) is 9.49. The van der Waals surface area contributed by atoms with Gasteiger partial charge in [-0.3, -0.25) is 9.69 Å². The molecule has 1 saturated heterocycles. The Kier molecular flexibility index (Phi) is 5.06. The lowest BCUT2D eigenvalue weighted by atomic mass is 9.91. The molecule has 27 heavy (non-hydrogen) atoms. The number of hydrogen-bond acceptors (Lipinski definition) is 3. The Labute approximate surface area is 161 Å². The van der Waals surface area contributed by atoms with Gasteiger partial charge in [0.15, 0.2) is 5.78 Å². The van der Waals surface area contributed by atoms with Crippen LogP contribution in [0.3, 0.4) is 0 Å². The smallest absolute Gasteiger partial charge is 0.172 e. The SMILES string of the molecule is C/C1=C2\COC\C2=C(/C)C(=O)CN(C(c2ccccc2)c2ccccc2)C1. The molecule has 0 amide bonds. The maximum Gasteiger partial charge on any atom is 0.172 e. The molecule has 3 nitrogen and oxygen atoms in total. The highest BCUT2D eigenvalue weighted by Crippen LogP contribution is 2.33. The number of hydrogen-bond donors (Lipinski definition) is 0. The van der Waals surface area contributed by atoms with E-state index >= 15 is 0 Å². The molecular formula is C24H25NO2. The predicted octanol–water partition coefficient (Wildman–Crippen LogP) is 4.32. The minimum absolute atomic E-state index is 0.0450. The number of benzene rings is 2. The molecule has 0 bridgehead atoms. The van der Waals surface area contributed by atoms with E-state index in [0.29, 0.717) is 19.8 Å². The van der Waals surface area contributed by atoms with Crippen LogP contribution in [0.4, 0.5) is 0 Å². The highest BCUT2D eigenvalue weighted by molar-refractivity contribution is 5.98. The predicted molar refractivity (Wildman–Crippen MR) is 108 cm³/mol. The molecule has 2 aliphatic rings. The van der Waals surface area contributed by atoms with E-state index in [0.717, 1.165) is 17.7 Å². The van der Waals surface area contributed by atoms with E-state index in [2.05, 4.69) is 60.4 Å². The average molecular weight is 359 g/mol. The summed E-state index contributed by atoms with van der Waals surface area (Å²) in [7, 11) is 0. The fourth-order valence-electron chi connectivity index (χ4n) is 4.14. The van der Waals surface area contributed by atoms with Crippen molar-refractivity contribution in [2.45, 2.75) is 19.9 Å². The normalized spacial score (nSPS) is 24.0. The van der Waals surface area contributed by atoms with E-state index in [-0.39, 0.29) is 11.8 Å². The van der Waals surface area contributed by atoms with Crippen molar-refractivity contribution in [3.63, 3.8) is 0 Å². The van der Waals surface area contributed by atoms with Gasteiger partial charge in [0.25, 0.3) is 0 Å². The lowest BCUT2D eigenvalue weighted by Gasteiger charge is -2.34. The number of carbonyl (C=O) groups excluding carboxylic acids is 1. The number of fused-ring (bicyclic) bond motifs is 1. The lowest BCUT2D eigenvalue weighted by Crippen LogP contribution is -2.37. The average Bonchev–Trinajstić information content (AvgIpc) is 3.18. The van der Waals surface area contributed by atoms with E-state index in [1.165, 1.54) is 22.3 Å². The maximum absolute atomic E-state index is 13.0. The van der Waals surface area contributed by atoms with Gasteiger partial charge in [-0.05, 0) is 41.7 Å². The first-order chi connectivity index (χ1) is 13.1. The van der Waals surface area contributed by atoms with Gasteiger partial charge in [-0.2, -0.15) is 0 Å². The third-order valence-electron chi connectivity index (χ3n) is 5.63. The number of Topliss-reactive ketones (excluding diaryl/α,β-unsaturated/α-hetero) is 1. The van der Waals surface area contributed by atoms with Crippen LogP contribution >= 0.6 is 0 Å². The van der Waals surface area contributed by atoms with Gasteiger partial charge in [0.05, 0.1) is 25.8 Å². The largest absolute Gasteiger partial charge is 0.372 e. The van der Waals surface area contributed by atoms with Gasteiger partial charge < -0.3 is 4.74 Å². The monoisotopic (exact) mass is 359 g/mol. The van der Waals surface area contributed by atoms with Crippen LogP contribution in [0, 0.1) is 0 Å². The summed E-state index contributed by atoms with van der Waals surface area (Å²) in [6.07, 6.45) is 0. The van der Waals surface area contributed by atoms with E-state index in [4.69, 9.17) is 4.74 Å². The highest BCUT2D eigenvalue weighted by Gasteiger charge is 2.30. The molecule has 0 aromatic heterocycles. The van der Waals surface area contributed by atoms with Crippen LogP contribution in [0.2, 0.25) is 0 Å². The molecule has 0 radical (unpaired) electrons. The molecule has 0 N–H and O–H groups in total. The minimum Gasteiger partial charge on any atom is -0.372 e. The molecule has 0 spiro atoms. The highest BCUT2D eigenvalue weighted by atomic mass is 16.5. The molecule has 2 heterocycles. The number of ketones is 1. The van der Waals surface area contributed by atoms with Crippen molar-refractivity contribution in [2.75, 3.05) is 26.3 Å². The second-order valence-corrected chi connectivity index (χ2v) is 7.41. The van der Waals surface area contributed by atoms with E-state index < -0.39 is 0 Å². The molecule has 0 saturated carbocycles. The first-order valence-corrected chi connectivity index (χ1v) is 9.49. The van der Waals surface area contributed by atoms with Crippen molar-refractivity contribution >= 4 is 5.78 Å². The topological polar surface area (TPSA) is 29.5 Å². The van der Waals surface area contributed by atoms with Gasteiger partial charge in [-0.15, -0.1) is 0 Å². The molecule has 2 aromatic rings. The Morgan fingerprint density at radius 3 is 1.96 bits per heavy atom. The zero-order chi connectivity index (χ0) is 18.8. The molecule has 2 aliphatic heterocycles. The van der Waals surface area contributed by atoms with Crippen LogP contribution in [-0.4, -0.2) is 37.0 Å². The number of nitrogens with zero attached hydrogens (tertiary/aromatic N) is 1. The molecular weight excluding hydrogens is 334 g/mol. The quantitative estimate of drug-likeness (QED) is 0.817. The third-order valence-corrected chi connectivity index (χ3v) is 5.63. The molecule has 2 aromatic carbocycles. The van der Waals surface area contributed by atoms with Gasteiger partial charge in [0.1, 0.15) is 0 Å². The Morgan fingerprint density at radius 1 is 0.815 bits per heavy atom. The van der Waals surface area contributed by atoms with Crippen LogP contribution in [0.1, 0.15) is 31.0 Å². The summed E-state index contributed by atoms with van der Waals surface area (Å²) < 4.78 is 5.67. The Balaban J connectivity index is 1.79. The number of ether oxygens (including phenoxy) is 1. The molecule has 0 unspecified atom stereocenters. The molecule has 0 atom stereocenters. The zero-order valence-corrected chi connectivity index (χ0v) is 15.9. The van der Waals surface area contributed by atoms with Crippen LogP contribution < -0.4 is 0 Å². The van der Waals surface area contributed by atoms with Crippen molar-refractivity contribution in [3.05, 3.63) is 94.1 Å². The van der Waals surface area contributed by atoms with Gasteiger partial charge in [0, 0.05) is 6.54 Å². The zero-order valence-electron chi connectivity index (χ0n) is 15.9.